The molecule has 108 valence electrons. The quantitative estimate of drug-likeness (QED) is 0.682. The molecule has 0 aliphatic heterocycles. The standard InChI is InChI=1S/C11H7Br2ClFNO2S2/c1-5-9(4-10(13)19-5)20(17,18)16-11-7(12)2-6(15)3-8(11)14/h2-4,16H,1H3. The van der Waals surface area contributed by atoms with Gasteiger partial charge in [-0.3, -0.25) is 4.72 Å². The number of anilines is 1. The van der Waals surface area contributed by atoms with Crippen LogP contribution in [0, 0.1) is 12.7 Å². The summed E-state index contributed by atoms with van der Waals surface area (Å²) in [5.41, 5.74) is 0.106. The van der Waals surface area contributed by atoms with Gasteiger partial charge in [-0.2, -0.15) is 0 Å². The summed E-state index contributed by atoms with van der Waals surface area (Å²) < 4.78 is 41.1. The van der Waals surface area contributed by atoms with Crippen molar-refractivity contribution in [2.24, 2.45) is 0 Å². The van der Waals surface area contributed by atoms with Crippen LogP contribution in [-0.2, 0) is 10.0 Å². The highest BCUT2D eigenvalue weighted by Gasteiger charge is 2.22. The minimum atomic E-state index is -3.79. The third-order valence-electron chi connectivity index (χ3n) is 2.37. The number of thiophene rings is 1. The molecule has 0 spiro atoms. The maximum absolute atomic E-state index is 13.1. The molecule has 0 aliphatic rings. The molecule has 1 aromatic heterocycles. The molecule has 2 rings (SSSR count). The van der Waals surface area contributed by atoms with Gasteiger partial charge in [0.05, 0.1) is 14.5 Å². The van der Waals surface area contributed by atoms with Crippen LogP contribution in [-0.4, -0.2) is 8.42 Å². The maximum Gasteiger partial charge on any atom is 0.263 e. The van der Waals surface area contributed by atoms with Gasteiger partial charge in [-0.05, 0) is 57.0 Å². The van der Waals surface area contributed by atoms with Crippen LogP contribution >= 0.6 is 54.8 Å². The Balaban J connectivity index is 2.46. The number of hydrogen-bond donors (Lipinski definition) is 1. The van der Waals surface area contributed by atoms with Crippen molar-refractivity contribution in [3.05, 3.63) is 42.2 Å². The van der Waals surface area contributed by atoms with E-state index in [9.17, 15) is 12.8 Å². The van der Waals surface area contributed by atoms with Gasteiger partial charge >= 0.3 is 0 Å². The third-order valence-corrected chi connectivity index (χ3v) is 6.46. The number of sulfonamides is 1. The van der Waals surface area contributed by atoms with Crippen molar-refractivity contribution >= 4 is 70.5 Å². The fourth-order valence-electron chi connectivity index (χ4n) is 1.53. The van der Waals surface area contributed by atoms with E-state index in [4.69, 9.17) is 11.6 Å². The summed E-state index contributed by atoms with van der Waals surface area (Å²) in [4.78, 5) is 0.792. The summed E-state index contributed by atoms with van der Waals surface area (Å²) >= 11 is 13.5. The summed E-state index contributed by atoms with van der Waals surface area (Å²) in [5, 5.41) is -0.0209. The summed E-state index contributed by atoms with van der Waals surface area (Å²) in [7, 11) is -3.79. The summed E-state index contributed by atoms with van der Waals surface area (Å²) in [5.74, 6) is -0.556. The number of benzene rings is 1. The lowest BCUT2D eigenvalue weighted by Gasteiger charge is -2.11. The molecule has 3 nitrogen and oxygen atoms in total. The Hall–Kier alpha value is -0.150. The average molecular weight is 464 g/mol. The van der Waals surface area contributed by atoms with Gasteiger partial charge in [0, 0.05) is 9.35 Å². The highest BCUT2D eigenvalue weighted by Crippen LogP contribution is 2.35. The molecular weight excluding hydrogens is 457 g/mol. The molecule has 0 radical (unpaired) electrons. The molecule has 0 saturated carbocycles. The molecule has 0 fully saturated rings. The van der Waals surface area contributed by atoms with Gasteiger partial charge in [0.25, 0.3) is 10.0 Å². The van der Waals surface area contributed by atoms with Gasteiger partial charge in [-0.1, -0.05) is 11.6 Å². The van der Waals surface area contributed by atoms with E-state index < -0.39 is 15.8 Å². The van der Waals surface area contributed by atoms with Crippen molar-refractivity contribution in [3.8, 4) is 0 Å². The van der Waals surface area contributed by atoms with Crippen molar-refractivity contribution in [1.82, 2.24) is 0 Å². The van der Waals surface area contributed by atoms with E-state index in [0.717, 1.165) is 12.1 Å². The lowest BCUT2D eigenvalue weighted by molar-refractivity contribution is 0.600. The third kappa shape index (κ3) is 3.36. The van der Waals surface area contributed by atoms with Crippen LogP contribution in [0.4, 0.5) is 10.1 Å². The van der Waals surface area contributed by atoms with Gasteiger partial charge in [0.1, 0.15) is 10.7 Å². The Morgan fingerprint density at radius 2 is 1.95 bits per heavy atom. The zero-order valence-electron chi connectivity index (χ0n) is 9.88. The predicted octanol–water partition coefficient (Wildman–Crippen LogP) is 5.17. The SMILES string of the molecule is Cc1sc(Br)cc1S(=O)(=O)Nc1c(Cl)cc(F)cc1Br. The largest absolute Gasteiger partial charge is 0.277 e. The van der Waals surface area contributed by atoms with E-state index in [2.05, 4.69) is 36.6 Å². The van der Waals surface area contributed by atoms with Crippen LogP contribution in [0.1, 0.15) is 4.88 Å². The second kappa shape index (κ2) is 5.92. The smallest absolute Gasteiger partial charge is 0.263 e. The number of halogens is 4. The topological polar surface area (TPSA) is 46.2 Å². The Labute approximate surface area is 141 Å². The van der Waals surface area contributed by atoms with Crippen molar-refractivity contribution in [3.63, 3.8) is 0 Å². The van der Waals surface area contributed by atoms with Crippen LogP contribution in [0.5, 0.6) is 0 Å². The number of nitrogens with one attached hydrogen (secondary N) is 1. The van der Waals surface area contributed by atoms with E-state index in [0.29, 0.717) is 8.66 Å². The maximum atomic E-state index is 13.1. The van der Waals surface area contributed by atoms with Crippen molar-refractivity contribution in [2.45, 2.75) is 11.8 Å². The highest BCUT2D eigenvalue weighted by molar-refractivity contribution is 9.11. The first-order chi connectivity index (χ1) is 9.20. The van der Waals surface area contributed by atoms with E-state index in [-0.39, 0.29) is 20.1 Å². The van der Waals surface area contributed by atoms with Crippen molar-refractivity contribution in [1.29, 1.82) is 0 Å². The fourth-order valence-corrected chi connectivity index (χ4v) is 6.13. The lowest BCUT2D eigenvalue weighted by Crippen LogP contribution is -2.14. The fraction of sp³-hybridized carbons (Fsp3) is 0.0909. The second-order valence-corrected chi connectivity index (χ2v) is 9.37. The van der Waals surface area contributed by atoms with E-state index in [1.54, 1.807) is 6.92 Å². The Morgan fingerprint density at radius 3 is 2.45 bits per heavy atom. The summed E-state index contributed by atoms with van der Waals surface area (Å²) in [6.45, 7) is 1.70. The first-order valence-corrected chi connectivity index (χ1v) is 9.40. The minimum absolute atomic E-state index is 0.0209. The van der Waals surface area contributed by atoms with Gasteiger partial charge < -0.3 is 0 Å². The van der Waals surface area contributed by atoms with Gasteiger partial charge in [0.15, 0.2) is 0 Å². The lowest BCUT2D eigenvalue weighted by atomic mass is 10.3. The van der Waals surface area contributed by atoms with E-state index in [1.807, 2.05) is 0 Å². The number of hydrogen-bond acceptors (Lipinski definition) is 3. The van der Waals surface area contributed by atoms with Gasteiger partial charge in [-0.15, -0.1) is 11.3 Å². The molecule has 1 N–H and O–H groups in total. The average Bonchev–Trinajstić information content (AvgIpc) is 2.64. The molecule has 1 aromatic carbocycles. The van der Waals surface area contributed by atoms with Crippen molar-refractivity contribution in [2.75, 3.05) is 4.72 Å². The Morgan fingerprint density at radius 1 is 1.30 bits per heavy atom. The molecule has 0 amide bonds. The molecule has 0 aliphatic carbocycles. The van der Waals surface area contributed by atoms with Crippen molar-refractivity contribution < 1.29 is 12.8 Å². The zero-order chi connectivity index (χ0) is 15.1. The molecule has 1 heterocycles. The Bertz CT molecular complexity index is 754. The molecular formula is C11H7Br2ClFNO2S2. The summed E-state index contributed by atoms with van der Waals surface area (Å²) in [6.07, 6.45) is 0. The first-order valence-electron chi connectivity index (χ1n) is 5.14. The molecule has 2 aromatic rings. The first kappa shape index (κ1) is 16.2. The molecule has 0 saturated heterocycles. The highest BCUT2D eigenvalue weighted by atomic mass is 79.9. The number of aryl methyl sites for hydroxylation is 1. The van der Waals surface area contributed by atoms with Gasteiger partial charge in [-0.25, -0.2) is 12.8 Å². The normalized spacial score (nSPS) is 11.7. The molecule has 0 atom stereocenters. The monoisotopic (exact) mass is 461 g/mol. The Kier molecular flexibility index (Phi) is 4.80. The van der Waals surface area contributed by atoms with Crippen LogP contribution in [0.2, 0.25) is 5.02 Å². The van der Waals surface area contributed by atoms with E-state index >= 15 is 0 Å². The van der Waals surface area contributed by atoms with E-state index in [1.165, 1.54) is 17.4 Å². The molecule has 9 heteroatoms. The molecule has 0 unspecified atom stereocenters. The molecule has 0 bridgehead atoms. The van der Waals surface area contributed by atoms with Crippen LogP contribution in [0.3, 0.4) is 0 Å². The number of rotatable bonds is 3. The van der Waals surface area contributed by atoms with Gasteiger partial charge in [0.2, 0.25) is 0 Å². The zero-order valence-corrected chi connectivity index (χ0v) is 15.4. The van der Waals surface area contributed by atoms with Crippen LogP contribution < -0.4 is 4.72 Å². The molecule has 20 heavy (non-hydrogen) atoms. The predicted molar refractivity (Wildman–Crippen MR) is 86.7 cm³/mol. The second-order valence-electron chi connectivity index (χ2n) is 3.82. The van der Waals surface area contributed by atoms with Crippen LogP contribution in [0.25, 0.3) is 0 Å². The minimum Gasteiger partial charge on any atom is -0.277 e. The van der Waals surface area contributed by atoms with Crippen LogP contribution in [0.15, 0.2) is 31.4 Å². The summed E-state index contributed by atoms with van der Waals surface area (Å²) in [6, 6.07) is 3.69.